The van der Waals surface area contributed by atoms with Crippen molar-refractivity contribution in [2.45, 2.75) is 91.9 Å². The van der Waals surface area contributed by atoms with Gasteiger partial charge in [-0.25, -0.2) is 28.1 Å². The van der Waals surface area contributed by atoms with Crippen LogP contribution >= 0.6 is 95.6 Å². The molecule has 3 unspecified atom stereocenters. The Morgan fingerprint density at radius 2 is 0.727 bits per heavy atom. The van der Waals surface area contributed by atoms with E-state index in [2.05, 4.69) is 95.6 Å². The summed E-state index contributed by atoms with van der Waals surface area (Å²) >= 11 is 21.1. The first-order valence-corrected chi connectivity index (χ1v) is 17.4. The first-order valence-electron chi connectivity index (χ1n) is 11.3. The SMILES string of the molecule is O=c1n(CCCCC(Br)CBr)c(=O)n(CCCCC(Br)CBr)c(=O)n1CCCCC(Br)CBr. The van der Waals surface area contributed by atoms with Crippen molar-refractivity contribution in [2.24, 2.45) is 0 Å². The van der Waals surface area contributed by atoms with Crippen LogP contribution < -0.4 is 17.1 Å². The van der Waals surface area contributed by atoms with E-state index in [1.165, 1.54) is 13.7 Å². The quantitative estimate of drug-likeness (QED) is 0.132. The lowest BCUT2D eigenvalue weighted by Crippen LogP contribution is -2.54. The molecule has 1 aromatic heterocycles. The Hall–Kier alpha value is 1.29. The molecule has 0 aliphatic heterocycles. The van der Waals surface area contributed by atoms with Gasteiger partial charge in [-0.2, -0.15) is 0 Å². The molecule has 0 amide bonds. The molecular weight excluding hydrogens is 822 g/mol. The lowest BCUT2D eigenvalue weighted by Gasteiger charge is -2.15. The first kappa shape index (κ1) is 32.3. The number of hydrogen-bond donors (Lipinski definition) is 0. The normalized spacial score (nSPS) is 14.4. The molecule has 0 aliphatic carbocycles. The second-order valence-electron chi connectivity index (χ2n) is 8.04. The van der Waals surface area contributed by atoms with Gasteiger partial charge >= 0.3 is 17.1 Å². The van der Waals surface area contributed by atoms with E-state index in [9.17, 15) is 14.4 Å². The highest BCUT2D eigenvalue weighted by molar-refractivity contribution is 9.12. The lowest BCUT2D eigenvalue weighted by molar-refractivity contribution is 0.415. The number of hydrogen-bond acceptors (Lipinski definition) is 3. The maximum absolute atomic E-state index is 13.1. The second-order valence-corrected chi connectivity index (χ2v) is 13.9. The fourth-order valence-corrected chi connectivity index (χ4v) is 5.34. The van der Waals surface area contributed by atoms with Crippen molar-refractivity contribution in [2.75, 3.05) is 16.0 Å². The van der Waals surface area contributed by atoms with Gasteiger partial charge < -0.3 is 0 Å². The standard InChI is InChI=1S/C21H33Br6N3O3/c22-13-16(25)7-1-4-10-28-19(31)29(11-5-2-8-17(26)14-23)21(33)30(20(28)32)12-6-3-9-18(27)15-24/h16-18H,1-15H2. The van der Waals surface area contributed by atoms with Gasteiger partial charge in [-0.1, -0.05) is 115 Å². The molecule has 33 heavy (non-hydrogen) atoms. The van der Waals surface area contributed by atoms with E-state index < -0.39 is 17.1 Å². The van der Waals surface area contributed by atoms with E-state index in [0.717, 1.165) is 73.8 Å². The molecule has 1 rings (SSSR count). The number of nitrogens with zero attached hydrogens (tertiary/aromatic N) is 3. The summed E-state index contributed by atoms with van der Waals surface area (Å²) in [4.78, 5) is 40.3. The van der Waals surface area contributed by atoms with Gasteiger partial charge in [-0.15, -0.1) is 0 Å². The molecule has 0 saturated heterocycles. The first-order chi connectivity index (χ1) is 15.8. The Kier molecular flexibility index (Phi) is 18.1. The zero-order valence-electron chi connectivity index (χ0n) is 18.7. The summed E-state index contributed by atoms with van der Waals surface area (Å²) < 4.78 is 3.78. The minimum Gasteiger partial charge on any atom is -0.247 e. The third-order valence-corrected chi connectivity index (χ3v) is 12.6. The summed E-state index contributed by atoms with van der Waals surface area (Å²) in [7, 11) is 0. The minimum atomic E-state index is -0.479. The van der Waals surface area contributed by atoms with E-state index in [-0.39, 0.29) is 0 Å². The van der Waals surface area contributed by atoms with Gasteiger partial charge in [0.15, 0.2) is 0 Å². The smallest absolute Gasteiger partial charge is 0.247 e. The Balaban J connectivity index is 3.02. The summed E-state index contributed by atoms with van der Waals surface area (Å²) in [6, 6.07) is 0. The van der Waals surface area contributed by atoms with Crippen molar-refractivity contribution in [3.63, 3.8) is 0 Å². The molecule has 1 heterocycles. The second kappa shape index (κ2) is 18.5. The summed E-state index contributed by atoms with van der Waals surface area (Å²) in [5.41, 5.74) is -1.44. The van der Waals surface area contributed by atoms with Crippen LogP contribution in [0.15, 0.2) is 14.4 Å². The number of halogens is 6. The van der Waals surface area contributed by atoms with Crippen molar-refractivity contribution in [3.8, 4) is 0 Å². The molecule has 0 bridgehead atoms. The van der Waals surface area contributed by atoms with Crippen LogP contribution in [-0.2, 0) is 19.6 Å². The molecule has 0 aromatic carbocycles. The van der Waals surface area contributed by atoms with Crippen LogP contribution in [0.3, 0.4) is 0 Å². The average Bonchev–Trinajstić information content (AvgIpc) is 2.81. The highest BCUT2D eigenvalue weighted by Gasteiger charge is 2.16. The molecule has 0 aliphatic rings. The highest BCUT2D eigenvalue weighted by atomic mass is 79.9. The van der Waals surface area contributed by atoms with Crippen LogP contribution in [-0.4, -0.2) is 44.2 Å². The van der Waals surface area contributed by atoms with E-state index in [0.29, 0.717) is 34.1 Å². The summed E-state index contributed by atoms with van der Waals surface area (Å²) in [5.74, 6) is 0. The predicted octanol–water partition coefficient (Wildman–Crippen LogP) is 6.16. The Bertz CT molecular complexity index is 717. The highest BCUT2D eigenvalue weighted by Crippen LogP contribution is 2.14. The molecule has 0 radical (unpaired) electrons. The molecule has 1 aromatic rings. The molecular formula is C21H33Br6N3O3. The molecule has 192 valence electrons. The average molecular weight is 855 g/mol. The fourth-order valence-electron chi connectivity index (χ4n) is 3.40. The monoisotopic (exact) mass is 849 g/mol. The number of aromatic nitrogens is 3. The van der Waals surface area contributed by atoms with Gasteiger partial charge in [0.25, 0.3) is 0 Å². The zero-order chi connectivity index (χ0) is 24.8. The van der Waals surface area contributed by atoms with Crippen molar-refractivity contribution in [1.82, 2.24) is 13.7 Å². The van der Waals surface area contributed by atoms with E-state index in [1.807, 2.05) is 0 Å². The predicted molar refractivity (Wildman–Crippen MR) is 160 cm³/mol. The van der Waals surface area contributed by atoms with Crippen molar-refractivity contribution in [3.05, 3.63) is 31.5 Å². The summed E-state index contributed by atoms with van der Waals surface area (Å²) in [5, 5.41) is 2.58. The molecule has 0 fully saturated rings. The van der Waals surface area contributed by atoms with Gasteiger partial charge in [0.05, 0.1) is 0 Å². The van der Waals surface area contributed by atoms with Gasteiger partial charge in [-0.3, -0.25) is 0 Å². The zero-order valence-corrected chi connectivity index (χ0v) is 28.2. The van der Waals surface area contributed by atoms with Crippen molar-refractivity contribution >= 4 is 95.6 Å². The van der Waals surface area contributed by atoms with Crippen LogP contribution in [0.25, 0.3) is 0 Å². The largest absolute Gasteiger partial charge is 0.336 e. The lowest BCUT2D eigenvalue weighted by atomic mass is 10.2. The van der Waals surface area contributed by atoms with Crippen LogP contribution in [0.5, 0.6) is 0 Å². The summed E-state index contributed by atoms with van der Waals surface area (Å²) in [6.07, 6.45) is 7.70. The Morgan fingerprint density at radius 1 is 0.485 bits per heavy atom. The topological polar surface area (TPSA) is 66.0 Å². The van der Waals surface area contributed by atoms with Crippen LogP contribution in [0.2, 0.25) is 0 Å². The van der Waals surface area contributed by atoms with Crippen LogP contribution in [0.4, 0.5) is 0 Å². The summed E-state index contributed by atoms with van der Waals surface area (Å²) in [6.45, 7) is 1.00. The number of unbranched alkanes of at least 4 members (excludes halogenated alkanes) is 3. The van der Waals surface area contributed by atoms with Crippen LogP contribution in [0, 0.1) is 0 Å². The third-order valence-electron chi connectivity index (χ3n) is 5.33. The Labute approximate surface area is 246 Å². The number of alkyl halides is 6. The third kappa shape index (κ3) is 11.9. The molecule has 12 heteroatoms. The molecule has 0 N–H and O–H groups in total. The van der Waals surface area contributed by atoms with Gasteiger partial charge in [0.2, 0.25) is 0 Å². The Morgan fingerprint density at radius 3 is 0.939 bits per heavy atom. The van der Waals surface area contributed by atoms with Gasteiger partial charge in [0, 0.05) is 50.1 Å². The molecule has 3 atom stereocenters. The molecule has 6 nitrogen and oxygen atoms in total. The van der Waals surface area contributed by atoms with Crippen LogP contribution in [0.1, 0.15) is 57.8 Å². The van der Waals surface area contributed by atoms with E-state index in [1.54, 1.807) is 0 Å². The van der Waals surface area contributed by atoms with E-state index >= 15 is 0 Å². The minimum absolute atomic E-state index is 0.333. The van der Waals surface area contributed by atoms with Gasteiger partial charge in [0.1, 0.15) is 0 Å². The maximum atomic E-state index is 13.1. The van der Waals surface area contributed by atoms with Crippen molar-refractivity contribution < 1.29 is 0 Å². The molecule has 0 saturated carbocycles. The number of rotatable bonds is 18. The van der Waals surface area contributed by atoms with E-state index in [4.69, 9.17) is 0 Å². The van der Waals surface area contributed by atoms with Crippen molar-refractivity contribution in [1.29, 1.82) is 0 Å². The fraction of sp³-hybridized carbons (Fsp3) is 0.857. The maximum Gasteiger partial charge on any atom is 0.336 e. The van der Waals surface area contributed by atoms with Gasteiger partial charge in [-0.05, 0) is 38.5 Å². The molecule has 0 spiro atoms.